The third kappa shape index (κ3) is 2.14. The molecule has 0 saturated carbocycles. The summed E-state index contributed by atoms with van der Waals surface area (Å²) in [6.07, 6.45) is 0. The molecule has 0 spiro atoms. The van der Waals surface area contributed by atoms with Gasteiger partial charge in [-0.15, -0.1) is 11.3 Å². The molecule has 0 aliphatic rings. The molecule has 0 atom stereocenters. The van der Waals surface area contributed by atoms with Crippen LogP contribution in [0, 0.1) is 6.92 Å². The first-order chi connectivity index (χ1) is 8.50. The molecule has 5 nitrogen and oxygen atoms in total. The maximum Gasteiger partial charge on any atom is 0.263 e. The van der Waals surface area contributed by atoms with Gasteiger partial charge in [-0.3, -0.25) is 9.59 Å². The number of fused-ring (bicyclic) bond motifs is 1. The van der Waals surface area contributed by atoms with E-state index in [0.717, 1.165) is 15.6 Å². The molecule has 1 aromatic heterocycles. The number of primary amides is 1. The minimum Gasteiger partial charge on any atom is -0.397 e. The number of aryl methyl sites for hydroxylation is 1. The average molecular weight is 263 g/mol. The van der Waals surface area contributed by atoms with Gasteiger partial charge in [0.2, 0.25) is 5.91 Å². The highest BCUT2D eigenvalue weighted by molar-refractivity contribution is 7.21. The maximum atomic E-state index is 11.9. The highest BCUT2D eigenvalue weighted by atomic mass is 32.1. The Kier molecular flexibility index (Phi) is 3.20. The number of benzene rings is 1. The standard InChI is InChI=1S/C12H13N3O2S/c1-6-3-2-4-7-9(14)11(18-10(6)7)12(17)15-5-8(13)16/h2-4H,5,14H2,1H3,(H2,13,16)(H,15,17). The summed E-state index contributed by atoms with van der Waals surface area (Å²) in [5, 5.41) is 3.30. The number of amides is 2. The minimum atomic E-state index is -0.584. The van der Waals surface area contributed by atoms with Crippen LogP contribution in [-0.4, -0.2) is 18.4 Å². The third-order valence-electron chi connectivity index (χ3n) is 2.58. The van der Waals surface area contributed by atoms with Crippen LogP contribution in [0.2, 0.25) is 0 Å². The zero-order valence-electron chi connectivity index (χ0n) is 9.82. The second-order valence-electron chi connectivity index (χ2n) is 3.95. The highest BCUT2D eigenvalue weighted by Crippen LogP contribution is 2.35. The van der Waals surface area contributed by atoms with Gasteiger partial charge in [0.25, 0.3) is 5.91 Å². The molecule has 6 heteroatoms. The molecule has 0 bridgehead atoms. The lowest BCUT2D eigenvalue weighted by Crippen LogP contribution is -2.33. The van der Waals surface area contributed by atoms with Crippen LogP contribution in [0.3, 0.4) is 0 Å². The average Bonchev–Trinajstić information content (AvgIpc) is 2.66. The largest absolute Gasteiger partial charge is 0.397 e. The normalized spacial score (nSPS) is 10.5. The highest BCUT2D eigenvalue weighted by Gasteiger charge is 2.17. The van der Waals surface area contributed by atoms with Crippen molar-refractivity contribution in [2.45, 2.75) is 6.92 Å². The van der Waals surface area contributed by atoms with Crippen molar-refractivity contribution in [2.24, 2.45) is 5.73 Å². The van der Waals surface area contributed by atoms with Crippen LogP contribution >= 0.6 is 11.3 Å². The van der Waals surface area contributed by atoms with Crippen LogP contribution in [0.15, 0.2) is 18.2 Å². The van der Waals surface area contributed by atoms with Crippen LogP contribution < -0.4 is 16.8 Å². The van der Waals surface area contributed by atoms with Crippen LogP contribution in [0.25, 0.3) is 10.1 Å². The summed E-state index contributed by atoms with van der Waals surface area (Å²) >= 11 is 1.32. The number of nitrogens with two attached hydrogens (primary N) is 2. The minimum absolute atomic E-state index is 0.189. The van der Waals surface area contributed by atoms with E-state index in [9.17, 15) is 9.59 Å². The Morgan fingerprint density at radius 1 is 1.39 bits per heavy atom. The molecule has 2 amide bonds. The molecule has 2 aromatic rings. The van der Waals surface area contributed by atoms with E-state index in [4.69, 9.17) is 11.5 Å². The summed E-state index contributed by atoms with van der Waals surface area (Å²) in [5.74, 6) is -0.953. The number of hydrogen-bond acceptors (Lipinski definition) is 4. The second kappa shape index (κ2) is 4.66. The number of anilines is 1. The molecule has 2 rings (SSSR count). The zero-order valence-corrected chi connectivity index (χ0v) is 10.6. The predicted octanol–water partition coefficient (Wildman–Crippen LogP) is 1.01. The first-order valence-corrected chi connectivity index (χ1v) is 6.16. The molecule has 1 heterocycles. The summed E-state index contributed by atoms with van der Waals surface area (Å²) in [6.45, 7) is 1.77. The smallest absolute Gasteiger partial charge is 0.263 e. The van der Waals surface area contributed by atoms with Crippen molar-refractivity contribution in [3.05, 3.63) is 28.6 Å². The van der Waals surface area contributed by atoms with Crippen LogP contribution in [0.1, 0.15) is 15.2 Å². The number of carbonyl (C=O) groups excluding carboxylic acids is 2. The Morgan fingerprint density at radius 2 is 2.11 bits per heavy atom. The Morgan fingerprint density at radius 3 is 2.72 bits per heavy atom. The molecule has 94 valence electrons. The Bertz CT molecular complexity index is 634. The fourth-order valence-corrected chi connectivity index (χ4v) is 2.80. The van der Waals surface area contributed by atoms with Gasteiger partial charge in [-0.05, 0) is 12.5 Å². The van der Waals surface area contributed by atoms with Crippen molar-refractivity contribution in [3.63, 3.8) is 0 Å². The van der Waals surface area contributed by atoms with Crippen molar-refractivity contribution in [1.29, 1.82) is 0 Å². The van der Waals surface area contributed by atoms with E-state index >= 15 is 0 Å². The summed E-state index contributed by atoms with van der Waals surface area (Å²) in [7, 11) is 0. The van der Waals surface area contributed by atoms with E-state index in [-0.39, 0.29) is 12.5 Å². The molecule has 1 aromatic carbocycles. The van der Waals surface area contributed by atoms with Crippen LogP contribution in [0.5, 0.6) is 0 Å². The zero-order chi connectivity index (χ0) is 13.3. The van der Waals surface area contributed by atoms with E-state index in [1.165, 1.54) is 11.3 Å². The Hall–Kier alpha value is -2.08. The number of hydrogen-bond donors (Lipinski definition) is 3. The Labute approximate surface area is 108 Å². The third-order valence-corrected chi connectivity index (χ3v) is 3.94. The monoisotopic (exact) mass is 263 g/mol. The summed E-state index contributed by atoms with van der Waals surface area (Å²) < 4.78 is 0.985. The first kappa shape index (κ1) is 12.4. The van der Waals surface area contributed by atoms with Gasteiger partial charge in [0, 0.05) is 10.1 Å². The van der Waals surface area contributed by atoms with Gasteiger partial charge in [-0.25, -0.2) is 0 Å². The van der Waals surface area contributed by atoms with E-state index in [2.05, 4.69) is 5.32 Å². The molecule has 0 radical (unpaired) electrons. The molecule has 0 fully saturated rings. The molecule has 0 unspecified atom stereocenters. The van der Waals surface area contributed by atoms with E-state index < -0.39 is 5.91 Å². The summed E-state index contributed by atoms with van der Waals surface area (Å²) in [4.78, 5) is 22.9. The summed E-state index contributed by atoms with van der Waals surface area (Å²) in [6, 6.07) is 5.73. The van der Waals surface area contributed by atoms with Gasteiger partial charge in [0.1, 0.15) is 4.88 Å². The van der Waals surface area contributed by atoms with Gasteiger partial charge in [-0.2, -0.15) is 0 Å². The van der Waals surface area contributed by atoms with Crippen LogP contribution in [0.4, 0.5) is 5.69 Å². The van der Waals surface area contributed by atoms with Gasteiger partial charge >= 0.3 is 0 Å². The summed E-state index contributed by atoms with van der Waals surface area (Å²) in [5.41, 5.74) is 12.4. The number of thiophene rings is 1. The Balaban J connectivity index is 2.40. The van der Waals surface area contributed by atoms with E-state index in [1.807, 2.05) is 25.1 Å². The fourth-order valence-electron chi connectivity index (χ4n) is 1.70. The van der Waals surface area contributed by atoms with E-state index in [0.29, 0.717) is 10.6 Å². The molecular weight excluding hydrogens is 250 g/mol. The van der Waals surface area contributed by atoms with Crippen molar-refractivity contribution in [1.82, 2.24) is 5.32 Å². The molecule has 0 saturated heterocycles. The topological polar surface area (TPSA) is 98.2 Å². The van der Waals surface area contributed by atoms with Crippen molar-refractivity contribution < 1.29 is 9.59 Å². The molecule has 18 heavy (non-hydrogen) atoms. The van der Waals surface area contributed by atoms with Crippen LogP contribution in [-0.2, 0) is 4.79 Å². The molecule has 0 aliphatic heterocycles. The number of carbonyl (C=O) groups is 2. The number of rotatable bonds is 3. The lowest BCUT2D eigenvalue weighted by atomic mass is 10.1. The first-order valence-electron chi connectivity index (χ1n) is 5.34. The SMILES string of the molecule is Cc1cccc2c(N)c(C(=O)NCC(N)=O)sc12. The van der Waals surface area contributed by atoms with Crippen molar-refractivity contribution in [3.8, 4) is 0 Å². The fraction of sp³-hybridized carbons (Fsp3) is 0.167. The van der Waals surface area contributed by atoms with Gasteiger partial charge in [0.15, 0.2) is 0 Å². The molecule has 0 aliphatic carbocycles. The predicted molar refractivity (Wildman–Crippen MR) is 72.5 cm³/mol. The number of nitrogen functional groups attached to an aromatic ring is 1. The van der Waals surface area contributed by atoms with Gasteiger partial charge < -0.3 is 16.8 Å². The lowest BCUT2D eigenvalue weighted by Gasteiger charge is -2.00. The number of nitrogens with one attached hydrogen (secondary N) is 1. The van der Waals surface area contributed by atoms with Gasteiger partial charge in [0.05, 0.1) is 12.2 Å². The molecule has 5 N–H and O–H groups in total. The second-order valence-corrected chi connectivity index (χ2v) is 4.97. The van der Waals surface area contributed by atoms with Crippen molar-refractivity contribution >= 4 is 38.9 Å². The quantitative estimate of drug-likeness (QED) is 0.770. The van der Waals surface area contributed by atoms with Crippen molar-refractivity contribution in [2.75, 3.05) is 12.3 Å². The van der Waals surface area contributed by atoms with Gasteiger partial charge in [-0.1, -0.05) is 18.2 Å². The molecular formula is C12H13N3O2S. The lowest BCUT2D eigenvalue weighted by molar-refractivity contribution is -0.117. The maximum absolute atomic E-state index is 11.9. The van der Waals surface area contributed by atoms with E-state index in [1.54, 1.807) is 0 Å².